The van der Waals surface area contributed by atoms with E-state index in [-0.39, 0.29) is 18.2 Å². The lowest BCUT2D eigenvalue weighted by molar-refractivity contribution is -0.159. The molecule has 14 heavy (non-hydrogen) atoms. The lowest BCUT2D eigenvalue weighted by Gasteiger charge is -2.22. The summed E-state index contributed by atoms with van der Waals surface area (Å²) in [5.74, 6) is -0.110. The summed E-state index contributed by atoms with van der Waals surface area (Å²) in [6.45, 7) is 4.57. The molecule has 4 heteroatoms. The average molecular weight is 201 g/mol. The van der Waals surface area contributed by atoms with Crippen LogP contribution in [0.4, 0.5) is 0 Å². The Hall–Kier alpha value is -0.160. The SMILES string of the molecule is COCC1CC(N)C2OC(C)(C)OC12. The van der Waals surface area contributed by atoms with Crippen LogP contribution in [-0.2, 0) is 14.2 Å². The van der Waals surface area contributed by atoms with Crippen LogP contribution in [0.25, 0.3) is 0 Å². The van der Waals surface area contributed by atoms with E-state index in [0.717, 1.165) is 6.42 Å². The van der Waals surface area contributed by atoms with E-state index in [1.807, 2.05) is 13.8 Å². The van der Waals surface area contributed by atoms with Gasteiger partial charge in [0.15, 0.2) is 5.79 Å². The van der Waals surface area contributed by atoms with Crippen LogP contribution in [0.1, 0.15) is 20.3 Å². The maximum Gasteiger partial charge on any atom is 0.163 e. The molecule has 0 amide bonds. The molecule has 0 aromatic carbocycles. The first kappa shape index (κ1) is 10.4. The minimum Gasteiger partial charge on any atom is -0.384 e. The second-order valence-corrected chi connectivity index (χ2v) is 4.68. The first-order valence-electron chi connectivity index (χ1n) is 5.13. The second kappa shape index (κ2) is 3.45. The van der Waals surface area contributed by atoms with E-state index in [9.17, 15) is 0 Å². The topological polar surface area (TPSA) is 53.7 Å². The number of fused-ring (bicyclic) bond motifs is 1. The van der Waals surface area contributed by atoms with Gasteiger partial charge in [-0.05, 0) is 20.3 Å². The molecule has 1 saturated carbocycles. The summed E-state index contributed by atoms with van der Waals surface area (Å²) in [7, 11) is 1.71. The molecule has 1 aliphatic carbocycles. The van der Waals surface area contributed by atoms with Crippen molar-refractivity contribution in [3.8, 4) is 0 Å². The zero-order valence-electron chi connectivity index (χ0n) is 9.03. The molecule has 0 aromatic heterocycles. The van der Waals surface area contributed by atoms with Crippen LogP contribution in [0.3, 0.4) is 0 Å². The van der Waals surface area contributed by atoms with Crippen molar-refractivity contribution in [2.75, 3.05) is 13.7 Å². The molecule has 4 atom stereocenters. The number of hydrogen-bond donors (Lipinski definition) is 1. The smallest absolute Gasteiger partial charge is 0.163 e. The Balaban J connectivity index is 2.07. The molecular formula is C10H19NO3. The fourth-order valence-electron chi connectivity index (χ4n) is 2.51. The quantitative estimate of drug-likeness (QED) is 0.707. The Kier molecular flexibility index (Phi) is 2.55. The molecule has 0 radical (unpaired) electrons. The van der Waals surface area contributed by atoms with Gasteiger partial charge in [0.25, 0.3) is 0 Å². The van der Waals surface area contributed by atoms with Crippen molar-refractivity contribution in [3.63, 3.8) is 0 Å². The Morgan fingerprint density at radius 1 is 1.36 bits per heavy atom. The van der Waals surface area contributed by atoms with Gasteiger partial charge in [-0.15, -0.1) is 0 Å². The minimum atomic E-state index is -0.487. The van der Waals surface area contributed by atoms with Crippen LogP contribution in [0.2, 0.25) is 0 Å². The molecule has 0 bridgehead atoms. The van der Waals surface area contributed by atoms with E-state index in [1.54, 1.807) is 7.11 Å². The van der Waals surface area contributed by atoms with Crippen LogP contribution in [-0.4, -0.2) is 37.8 Å². The zero-order valence-corrected chi connectivity index (χ0v) is 9.03. The van der Waals surface area contributed by atoms with Gasteiger partial charge in [0.05, 0.1) is 12.7 Å². The molecule has 0 aromatic rings. The van der Waals surface area contributed by atoms with Gasteiger partial charge < -0.3 is 19.9 Å². The largest absolute Gasteiger partial charge is 0.384 e. The first-order chi connectivity index (χ1) is 6.53. The Morgan fingerprint density at radius 2 is 2.00 bits per heavy atom. The fourth-order valence-corrected chi connectivity index (χ4v) is 2.51. The summed E-state index contributed by atoms with van der Waals surface area (Å²) >= 11 is 0. The normalized spacial score (nSPS) is 45.4. The van der Waals surface area contributed by atoms with Gasteiger partial charge in [-0.2, -0.15) is 0 Å². The van der Waals surface area contributed by atoms with E-state index in [1.165, 1.54) is 0 Å². The third-order valence-electron chi connectivity index (χ3n) is 3.01. The monoisotopic (exact) mass is 201 g/mol. The molecular weight excluding hydrogens is 182 g/mol. The van der Waals surface area contributed by atoms with Gasteiger partial charge in [-0.1, -0.05) is 0 Å². The predicted molar refractivity (Wildman–Crippen MR) is 51.8 cm³/mol. The standard InChI is InChI=1S/C10H19NO3/c1-10(2)13-8-6(5-12-3)4-7(11)9(8)14-10/h6-9H,4-5,11H2,1-3H3. The van der Waals surface area contributed by atoms with Gasteiger partial charge >= 0.3 is 0 Å². The average Bonchev–Trinajstić information content (AvgIpc) is 2.51. The van der Waals surface area contributed by atoms with Crippen LogP contribution in [0, 0.1) is 5.92 Å². The molecule has 2 aliphatic rings. The van der Waals surface area contributed by atoms with E-state index in [2.05, 4.69) is 0 Å². The van der Waals surface area contributed by atoms with Gasteiger partial charge in [0.2, 0.25) is 0 Å². The summed E-state index contributed by atoms with van der Waals surface area (Å²) in [6.07, 6.45) is 1.09. The van der Waals surface area contributed by atoms with Gasteiger partial charge in [0.1, 0.15) is 6.10 Å². The van der Waals surface area contributed by atoms with Gasteiger partial charge in [0, 0.05) is 19.1 Å². The molecule has 1 aliphatic heterocycles. The Labute approximate surface area is 84.7 Å². The highest BCUT2D eigenvalue weighted by Crippen LogP contribution is 2.40. The summed E-state index contributed by atoms with van der Waals surface area (Å²) in [5, 5.41) is 0. The summed E-state index contributed by atoms with van der Waals surface area (Å²) in [4.78, 5) is 0. The summed E-state index contributed by atoms with van der Waals surface area (Å²) < 4.78 is 16.7. The summed E-state index contributed by atoms with van der Waals surface area (Å²) in [6, 6.07) is 0.0851. The van der Waals surface area contributed by atoms with Crippen molar-refractivity contribution in [2.24, 2.45) is 11.7 Å². The van der Waals surface area contributed by atoms with Gasteiger partial charge in [-0.3, -0.25) is 0 Å². The molecule has 4 unspecified atom stereocenters. The third kappa shape index (κ3) is 1.67. The van der Waals surface area contributed by atoms with E-state index >= 15 is 0 Å². The third-order valence-corrected chi connectivity index (χ3v) is 3.01. The first-order valence-corrected chi connectivity index (χ1v) is 5.13. The number of nitrogens with two attached hydrogens (primary N) is 1. The van der Waals surface area contributed by atoms with Gasteiger partial charge in [-0.25, -0.2) is 0 Å². The Morgan fingerprint density at radius 3 is 2.64 bits per heavy atom. The molecule has 82 valence electrons. The Bertz CT molecular complexity index is 219. The number of rotatable bonds is 2. The van der Waals surface area contributed by atoms with E-state index in [0.29, 0.717) is 12.5 Å². The molecule has 0 spiro atoms. The predicted octanol–water partition coefficient (Wildman–Crippen LogP) is 0.500. The van der Waals surface area contributed by atoms with Crippen molar-refractivity contribution >= 4 is 0 Å². The molecule has 1 heterocycles. The highest BCUT2D eigenvalue weighted by Gasteiger charge is 2.52. The number of hydrogen-bond acceptors (Lipinski definition) is 4. The maximum atomic E-state index is 6.00. The van der Waals surface area contributed by atoms with E-state index < -0.39 is 5.79 Å². The fraction of sp³-hybridized carbons (Fsp3) is 1.00. The van der Waals surface area contributed by atoms with Crippen LogP contribution in [0.15, 0.2) is 0 Å². The maximum absolute atomic E-state index is 6.00. The number of methoxy groups -OCH3 is 1. The lowest BCUT2D eigenvalue weighted by atomic mass is 10.1. The molecule has 4 nitrogen and oxygen atoms in total. The zero-order chi connectivity index (χ0) is 10.3. The molecule has 2 rings (SSSR count). The lowest BCUT2D eigenvalue weighted by Crippen LogP contribution is -2.35. The van der Waals surface area contributed by atoms with E-state index in [4.69, 9.17) is 19.9 Å². The van der Waals surface area contributed by atoms with Crippen molar-refractivity contribution in [1.29, 1.82) is 0 Å². The van der Waals surface area contributed by atoms with Crippen molar-refractivity contribution in [3.05, 3.63) is 0 Å². The van der Waals surface area contributed by atoms with Crippen LogP contribution >= 0.6 is 0 Å². The molecule has 1 saturated heterocycles. The van der Waals surface area contributed by atoms with Crippen molar-refractivity contribution < 1.29 is 14.2 Å². The summed E-state index contributed by atoms with van der Waals surface area (Å²) in [5.41, 5.74) is 6.00. The molecule has 2 fully saturated rings. The number of ether oxygens (including phenoxy) is 3. The highest BCUT2D eigenvalue weighted by atomic mass is 16.8. The van der Waals surface area contributed by atoms with Crippen LogP contribution < -0.4 is 5.73 Å². The van der Waals surface area contributed by atoms with Crippen LogP contribution in [0.5, 0.6) is 0 Å². The van der Waals surface area contributed by atoms with Crippen molar-refractivity contribution in [1.82, 2.24) is 0 Å². The second-order valence-electron chi connectivity index (χ2n) is 4.68. The molecule has 2 N–H and O–H groups in total. The van der Waals surface area contributed by atoms with Crippen molar-refractivity contribution in [2.45, 2.75) is 44.3 Å². The highest BCUT2D eigenvalue weighted by molar-refractivity contribution is 5.00. The minimum absolute atomic E-state index is 0.0464.